The van der Waals surface area contributed by atoms with Gasteiger partial charge in [-0.05, 0) is 31.2 Å². The van der Waals surface area contributed by atoms with Crippen LogP contribution < -0.4 is 20.5 Å². The molecule has 0 saturated heterocycles. The molecule has 0 aliphatic carbocycles. The van der Waals surface area contributed by atoms with Gasteiger partial charge in [-0.3, -0.25) is 0 Å². The molecule has 0 fully saturated rings. The van der Waals surface area contributed by atoms with Crippen LogP contribution in [-0.4, -0.2) is 19.2 Å². The Labute approximate surface area is 145 Å². The van der Waals surface area contributed by atoms with Crippen LogP contribution in [0.15, 0.2) is 42.5 Å². The first-order valence-corrected chi connectivity index (χ1v) is 8.25. The zero-order chi connectivity index (χ0) is 17.1. The van der Waals surface area contributed by atoms with Crippen molar-refractivity contribution in [2.24, 2.45) is 0 Å². The molecule has 24 heavy (non-hydrogen) atoms. The second-order valence-corrected chi connectivity index (χ2v) is 6.26. The Morgan fingerprint density at radius 2 is 1.62 bits per heavy atom. The van der Waals surface area contributed by atoms with Crippen molar-refractivity contribution < 1.29 is 9.47 Å². The molecule has 0 saturated carbocycles. The summed E-state index contributed by atoms with van der Waals surface area (Å²) in [6.07, 6.45) is 0. The normalized spacial score (nSPS) is 10.5. The summed E-state index contributed by atoms with van der Waals surface area (Å²) in [5.41, 5.74) is 9.13. The Morgan fingerprint density at radius 3 is 2.21 bits per heavy atom. The molecule has 0 spiro atoms. The highest BCUT2D eigenvalue weighted by atomic mass is 32.1. The second-order valence-electron chi connectivity index (χ2n) is 5.26. The van der Waals surface area contributed by atoms with E-state index in [2.05, 4.69) is 17.2 Å². The van der Waals surface area contributed by atoms with Crippen molar-refractivity contribution in [1.29, 1.82) is 0 Å². The van der Waals surface area contributed by atoms with Crippen molar-refractivity contribution in [2.75, 3.05) is 25.3 Å². The minimum Gasteiger partial charge on any atom is -0.496 e. The molecule has 3 aromatic rings. The van der Waals surface area contributed by atoms with Crippen molar-refractivity contribution >= 4 is 28.0 Å². The van der Waals surface area contributed by atoms with Gasteiger partial charge in [0.15, 0.2) is 5.13 Å². The van der Waals surface area contributed by atoms with E-state index < -0.39 is 0 Å². The molecule has 0 amide bonds. The smallest absolute Gasteiger partial charge is 0.189 e. The van der Waals surface area contributed by atoms with Gasteiger partial charge >= 0.3 is 0 Å². The number of nitrogens with two attached hydrogens (primary N) is 1. The first kappa shape index (κ1) is 16.1. The zero-order valence-electron chi connectivity index (χ0n) is 13.8. The maximum atomic E-state index is 6.15. The monoisotopic (exact) mass is 341 g/mol. The van der Waals surface area contributed by atoms with Gasteiger partial charge in [0.05, 0.1) is 24.7 Å². The second kappa shape index (κ2) is 6.80. The third-order valence-corrected chi connectivity index (χ3v) is 4.62. The van der Waals surface area contributed by atoms with Gasteiger partial charge in [0.2, 0.25) is 0 Å². The maximum Gasteiger partial charge on any atom is 0.189 e. The SMILES string of the molecule is COc1cccc(OC)c1-c1sc(Nc2ccc(C)cc2)nc1N. The van der Waals surface area contributed by atoms with E-state index >= 15 is 0 Å². The van der Waals surface area contributed by atoms with E-state index in [1.54, 1.807) is 14.2 Å². The van der Waals surface area contributed by atoms with Gasteiger partial charge in [-0.15, -0.1) is 0 Å². The molecule has 3 rings (SSSR count). The van der Waals surface area contributed by atoms with Crippen LogP contribution in [0, 0.1) is 6.92 Å². The largest absolute Gasteiger partial charge is 0.496 e. The molecule has 0 aliphatic rings. The topological polar surface area (TPSA) is 69.4 Å². The van der Waals surface area contributed by atoms with E-state index in [0.29, 0.717) is 17.3 Å². The number of hydrogen-bond acceptors (Lipinski definition) is 6. The fourth-order valence-electron chi connectivity index (χ4n) is 2.40. The van der Waals surface area contributed by atoms with Gasteiger partial charge in [-0.2, -0.15) is 0 Å². The minimum absolute atomic E-state index is 0.442. The van der Waals surface area contributed by atoms with Crippen molar-refractivity contribution in [3.05, 3.63) is 48.0 Å². The van der Waals surface area contributed by atoms with Gasteiger partial charge in [-0.25, -0.2) is 4.98 Å². The fraction of sp³-hybridized carbons (Fsp3) is 0.167. The standard InChI is InChI=1S/C18H19N3O2S/c1-11-7-9-12(10-8-11)20-18-21-17(19)16(24-18)15-13(22-2)5-4-6-14(15)23-3/h4-10H,19H2,1-3H3,(H,20,21). The molecule has 124 valence electrons. The number of ether oxygens (including phenoxy) is 2. The van der Waals surface area contributed by atoms with Crippen molar-refractivity contribution in [3.63, 3.8) is 0 Å². The molecule has 3 N–H and O–H groups in total. The van der Waals surface area contributed by atoms with Gasteiger partial charge in [0.25, 0.3) is 0 Å². The number of anilines is 3. The van der Waals surface area contributed by atoms with Crippen LogP contribution in [0.1, 0.15) is 5.56 Å². The van der Waals surface area contributed by atoms with E-state index in [1.807, 2.05) is 42.5 Å². The average molecular weight is 341 g/mol. The number of aromatic nitrogens is 1. The molecular weight excluding hydrogens is 322 g/mol. The number of nitrogens with one attached hydrogen (secondary N) is 1. The predicted molar refractivity (Wildman–Crippen MR) is 99.5 cm³/mol. The molecular formula is C18H19N3O2S. The average Bonchev–Trinajstić information content (AvgIpc) is 2.96. The number of hydrogen-bond donors (Lipinski definition) is 2. The summed E-state index contributed by atoms with van der Waals surface area (Å²) < 4.78 is 10.9. The van der Waals surface area contributed by atoms with Gasteiger partial charge < -0.3 is 20.5 Å². The Balaban J connectivity index is 1.99. The summed E-state index contributed by atoms with van der Waals surface area (Å²) >= 11 is 1.46. The molecule has 5 nitrogen and oxygen atoms in total. The summed E-state index contributed by atoms with van der Waals surface area (Å²) in [6.45, 7) is 2.05. The molecule has 1 aromatic heterocycles. The van der Waals surface area contributed by atoms with Crippen LogP contribution in [0.25, 0.3) is 10.4 Å². The van der Waals surface area contributed by atoms with Crippen molar-refractivity contribution in [1.82, 2.24) is 4.98 Å². The zero-order valence-corrected chi connectivity index (χ0v) is 14.6. The first-order chi connectivity index (χ1) is 11.6. The fourth-order valence-corrected chi connectivity index (χ4v) is 3.36. The molecule has 0 radical (unpaired) electrons. The Bertz CT molecular complexity index is 822. The summed E-state index contributed by atoms with van der Waals surface area (Å²) in [7, 11) is 3.25. The lowest BCUT2D eigenvalue weighted by molar-refractivity contribution is 0.397. The minimum atomic E-state index is 0.442. The highest BCUT2D eigenvalue weighted by Gasteiger charge is 2.19. The Hall–Kier alpha value is -2.73. The number of benzene rings is 2. The maximum absolute atomic E-state index is 6.15. The quantitative estimate of drug-likeness (QED) is 0.717. The predicted octanol–water partition coefficient (Wildman–Crippen LogP) is 4.46. The Morgan fingerprint density at radius 1 is 1.00 bits per heavy atom. The van der Waals surface area contributed by atoms with E-state index in [1.165, 1.54) is 16.9 Å². The lowest BCUT2D eigenvalue weighted by atomic mass is 10.1. The molecule has 0 bridgehead atoms. The first-order valence-electron chi connectivity index (χ1n) is 7.43. The summed E-state index contributed by atoms with van der Waals surface area (Å²) in [4.78, 5) is 5.25. The number of aryl methyl sites for hydroxylation is 1. The molecule has 2 aromatic carbocycles. The molecule has 6 heteroatoms. The Kier molecular flexibility index (Phi) is 4.57. The molecule has 0 aliphatic heterocycles. The van der Waals surface area contributed by atoms with E-state index in [4.69, 9.17) is 15.2 Å². The van der Waals surface area contributed by atoms with Gasteiger partial charge in [0.1, 0.15) is 17.3 Å². The van der Waals surface area contributed by atoms with Crippen molar-refractivity contribution in [2.45, 2.75) is 6.92 Å². The number of methoxy groups -OCH3 is 2. The lowest BCUT2D eigenvalue weighted by Gasteiger charge is -2.11. The molecule has 0 unspecified atom stereocenters. The van der Waals surface area contributed by atoms with E-state index in [9.17, 15) is 0 Å². The summed E-state index contributed by atoms with van der Waals surface area (Å²) in [5.74, 6) is 1.84. The number of nitrogen functional groups attached to an aromatic ring is 1. The van der Waals surface area contributed by atoms with E-state index in [0.717, 1.165) is 21.3 Å². The van der Waals surface area contributed by atoms with Crippen molar-refractivity contribution in [3.8, 4) is 21.9 Å². The number of rotatable bonds is 5. The molecule has 1 heterocycles. The van der Waals surface area contributed by atoms with Crippen LogP contribution in [0.5, 0.6) is 11.5 Å². The van der Waals surface area contributed by atoms with Gasteiger partial charge in [-0.1, -0.05) is 35.1 Å². The van der Waals surface area contributed by atoms with Crippen LogP contribution >= 0.6 is 11.3 Å². The number of thiazole rings is 1. The summed E-state index contributed by atoms with van der Waals surface area (Å²) in [6, 6.07) is 13.7. The highest BCUT2D eigenvalue weighted by Crippen LogP contribution is 2.45. The van der Waals surface area contributed by atoms with E-state index in [-0.39, 0.29) is 0 Å². The van der Waals surface area contributed by atoms with Crippen LogP contribution in [0.2, 0.25) is 0 Å². The number of nitrogens with zero attached hydrogens (tertiary/aromatic N) is 1. The van der Waals surface area contributed by atoms with Crippen LogP contribution in [0.4, 0.5) is 16.6 Å². The van der Waals surface area contributed by atoms with Crippen LogP contribution in [0.3, 0.4) is 0 Å². The summed E-state index contributed by atoms with van der Waals surface area (Å²) in [5, 5.41) is 4.00. The molecule has 0 atom stereocenters. The highest BCUT2D eigenvalue weighted by molar-refractivity contribution is 7.19. The van der Waals surface area contributed by atoms with Gasteiger partial charge in [0, 0.05) is 5.69 Å². The third kappa shape index (κ3) is 3.14. The van der Waals surface area contributed by atoms with Crippen LogP contribution in [-0.2, 0) is 0 Å². The lowest BCUT2D eigenvalue weighted by Crippen LogP contribution is -1.94. The third-order valence-electron chi connectivity index (χ3n) is 3.61.